The lowest BCUT2D eigenvalue weighted by Crippen LogP contribution is -2.34. The van der Waals surface area contributed by atoms with Gasteiger partial charge in [0.2, 0.25) is 0 Å². The second kappa shape index (κ2) is 5.99. The van der Waals surface area contributed by atoms with Crippen molar-refractivity contribution in [1.82, 2.24) is 9.55 Å². The van der Waals surface area contributed by atoms with Crippen LogP contribution in [0.1, 0.15) is 11.6 Å². The Morgan fingerprint density at radius 2 is 2.21 bits per heavy atom. The fourth-order valence-corrected chi connectivity index (χ4v) is 1.65. The lowest BCUT2D eigenvalue weighted by molar-refractivity contribution is 0.137. The maximum absolute atomic E-state index is 11.6. The molecule has 0 aromatic carbocycles. The highest BCUT2D eigenvalue weighted by atomic mass is 31.2. The third-order valence-electron chi connectivity index (χ3n) is 2.21. The van der Waals surface area contributed by atoms with Gasteiger partial charge in [0.25, 0.3) is 5.56 Å². The van der Waals surface area contributed by atoms with Crippen molar-refractivity contribution in [3.05, 3.63) is 32.6 Å². The van der Waals surface area contributed by atoms with Gasteiger partial charge in [-0.05, 0) is 6.92 Å². The van der Waals surface area contributed by atoms with E-state index in [1.165, 1.54) is 13.1 Å². The number of ether oxygens (including phenoxy) is 1. The van der Waals surface area contributed by atoms with Crippen LogP contribution >= 0.6 is 7.60 Å². The van der Waals surface area contributed by atoms with E-state index < -0.39 is 31.2 Å². The van der Waals surface area contributed by atoms with Gasteiger partial charge in [-0.15, -0.1) is 6.42 Å². The molecule has 8 nitrogen and oxygen atoms in total. The Morgan fingerprint density at radius 1 is 1.58 bits per heavy atom. The van der Waals surface area contributed by atoms with Crippen LogP contribution in [0.25, 0.3) is 0 Å². The molecule has 1 aromatic heterocycles. The first-order valence-corrected chi connectivity index (χ1v) is 6.95. The highest BCUT2D eigenvalue weighted by Gasteiger charge is 2.16. The summed E-state index contributed by atoms with van der Waals surface area (Å²) in [5.41, 5.74) is -0.943. The zero-order valence-corrected chi connectivity index (χ0v) is 11.0. The highest BCUT2D eigenvalue weighted by molar-refractivity contribution is 7.51. The standard InChI is InChI=1S/C10H13N2O6P/c1-3-8(5-18-6-19(15,16)17)12-4-7(2)9(13)11-10(12)14/h1,4,8H,5-6H2,2H3,(H,11,13,14)(H2,15,16,17). The minimum atomic E-state index is -4.29. The molecule has 19 heavy (non-hydrogen) atoms. The van der Waals surface area contributed by atoms with E-state index in [2.05, 4.69) is 10.9 Å². The van der Waals surface area contributed by atoms with E-state index in [1.807, 2.05) is 0 Å². The van der Waals surface area contributed by atoms with Gasteiger partial charge in [-0.2, -0.15) is 0 Å². The number of hydrogen-bond donors (Lipinski definition) is 3. The molecule has 0 aliphatic heterocycles. The Balaban J connectivity index is 2.91. The second-order valence-electron chi connectivity index (χ2n) is 3.83. The third-order valence-corrected chi connectivity index (χ3v) is 2.73. The molecule has 0 bridgehead atoms. The van der Waals surface area contributed by atoms with Gasteiger partial charge in [-0.3, -0.25) is 18.9 Å². The van der Waals surface area contributed by atoms with Crippen LogP contribution in [0.15, 0.2) is 15.8 Å². The van der Waals surface area contributed by atoms with Crippen molar-refractivity contribution < 1.29 is 19.1 Å². The molecule has 0 saturated heterocycles. The highest BCUT2D eigenvalue weighted by Crippen LogP contribution is 2.34. The molecule has 1 heterocycles. The van der Waals surface area contributed by atoms with Crippen LogP contribution in [0.3, 0.4) is 0 Å². The summed E-state index contributed by atoms with van der Waals surface area (Å²) in [5.74, 6) is 2.26. The van der Waals surface area contributed by atoms with Crippen LogP contribution in [-0.2, 0) is 9.30 Å². The average Bonchev–Trinajstić information content (AvgIpc) is 2.29. The van der Waals surface area contributed by atoms with Crippen molar-refractivity contribution in [3.8, 4) is 12.3 Å². The van der Waals surface area contributed by atoms with Gasteiger partial charge in [0.15, 0.2) is 0 Å². The van der Waals surface area contributed by atoms with Crippen molar-refractivity contribution in [2.75, 3.05) is 13.0 Å². The largest absolute Gasteiger partial charge is 0.366 e. The van der Waals surface area contributed by atoms with Crippen LogP contribution in [0, 0.1) is 19.3 Å². The minimum absolute atomic E-state index is 0.257. The lowest BCUT2D eigenvalue weighted by atomic mass is 10.3. The first-order chi connectivity index (χ1) is 8.74. The molecule has 1 aromatic rings. The van der Waals surface area contributed by atoms with E-state index >= 15 is 0 Å². The van der Waals surface area contributed by atoms with Crippen molar-refractivity contribution in [2.45, 2.75) is 13.0 Å². The van der Waals surface area contributed by atoms with Crippen LogP contribution in [0.4, 0.5) is 0 Å². The number of H-pyrrole nitrogens is 1. The van der Waals surface area contributed by atoms with Gasteiger partial charge >= 0.3 is 13.3 Å². The summed E-state index contributed by atoms with van der Waals surface area (Å²) in [6.07, 6.45) is 5.72. The van der Waals surface area contributed by atoms with Crippen molar-refractivity contribution in [3.63, 3.8) is 0 Å². The summed E-state index contributed by atoms with van der Waals surface area (Å²) in [6, 6.07) is -0.866. The van der Waals surface area contributed by atoms with Gasteiger partial charge in [0.05, 0.1) is 6.61 Å². The Hall–Kier alpha value is -1.65. The first kappa shape index (κ1) is 15.4. The molecule has 0 spiro atoms. The topological polar surface area (TPSA) is 122 Å². The van der Waals surface area contributed by atoms with E-state index in [9.17, 15) is 14.2 Å². The Kier molecular flexibility index (Phi) is 4.86. The van der Waals surface area contributed by atoms with Crippen LogP contribution < -0.4 is 11.2 Å². The SMILES string of the molecule is C#CC(COCP(=O)(O)O)n1cc(C)c(=O)[nH]c1=O. The molecule has 0 aliphatic rings. The summed E-state index contributed by atoms with van der Waals surface area (Å²) < 4.78 is 16.4. The average molecular weight is 288 g/mol. The molecule has 0 aliphatic carbocycles. The maximum atomic E-state index is 11.6. The quantitative estimate of drug-likeness (QED) is 0.480. The predicted molar refractivity (Wildman–Crippen MR) is 66.8 cm³/mol. The molecular formula is C10H13N2O6P. The molecular weight excluding hydrogens is 275 g/mol. The number of nitrogens with zero attached hydrogens (tertiary/aromatic N) is 1. The monoisotopic (exact) mass is 288 g/mol. The molecule has 0 radical (unpaired) electrons. The summed E-state index contributed by atoms with van der Waals surface area (Å²) in [6.45, 7) is 1.24. The zero-order valence-electron chi connectivity index (χ0n) is 10.1. The number of aryl methyl sites for hydroxylation is 1. The summed E-state index contributed by atoms with van der Waals surface area (Å²) >= 11 is 0. The van der Waals surface area contributed by atoms with E-state index in [0.717, 1.165) is 4.57 Å². The van der Waals surface area contributed by atoms with Crippen LogP contribution in [0.5, 0.6) is 0 Å². The van der Waals surface area contributed by atoms with E-state index in [0.29, 0.717) is 0 Å². The molecule has 0 amide bonds. The molecule has 1 rings (SSSR count). The van der Waals surface area contributed by atoms with Gasteiger partial charge in [0, 0.05) is 11.8 Å². The first-order valence-electron chi connectivity index (χ1n) is 5.15. The number of aromatic nitrogens is 2. The number of nitrogens with one attached hydrogen (secondary N) is 1. The van der Waals surface area contributed by atoms with E-state index in [1.54, 1.807) is 0 Å². The van der Waals surface area contributed by atoms with Crippen molar-refractivity contribution in [1.29, 1.82) is 0 Å². The minimum Gasteiger partial charge on any atom is -0.366 e. The molecule has 0 saturated carbocycles. The molecule has 104 valence electrons. The smallest absolute Gasteiger partial charge is 0.350 e. The third kappa shape index (κ3) is 4.50. The molecule has 1 atom stereocenters. The van der Waals surface area contributed by atoms with Crippen LogP contribution in [-0.4, -0.2) is 32.3 Å². The van der Waals surface area contributed by atoms with Gasteiger partial charge in [-0.1, -0.05) is 5.92 Å². The number of aromatic amines is 1. The van der Waals surface area contributed by atoms with Crippen molar-refractivity contribution in [2.24, 2.45) is 0 Å². The summed E-state index contributed by atoms with van der Waals surface area (Å²) in [4.78, 5) is 42.1. The van der Waals surface area contributed by atoms with Gasteiger partial charge in [-0.25, -0.2) is 4.79 Å². The molecule has 1 unspecified atom stereocenters. The van der Waals surface area contributed by atoms with Gasteiger partial charge in [0.1, 0.15) is 12.4 Å². The van der Waals surface area contributed by atoms with E-state index in [-0.39, 0.29) is 12.2 Å². The molecule has 9 heteroatoms. The summed E-state index contributed by atoms with van der Waals surface area (Å²) in [7, 11) is -4.29. The fraction of sp³-hybridized carbons (Fsp3) is 0.400. The Bertz CT molecular complexity index is 649. The number of rotatable bonds is 5. The second-order valence-corrected chi connectivity index (χ2v) is 5.41. The predicted octanol–water partition coefficient (Wildman–Crippen LogP) is -0.829. The van der Waals surface area contributed by atoms with Crippen molar-refractivity contribution >= 4 is 7.60 Å². The Labute approximate surface area is 108 Å². The normalized spacial score (nSPS) is 12.9. The van der Waals surface area contributed by atoms with Crippen LogP contribution in [0.2, 0.25) is 0 Å². The zero-order chi connectivity index (χ0) is 14.6. The Morgan fingerprint density at radius 3 is 2.74 bits per heavy atom. The fourth-order valence-electron chi connectivity index (χ4n) is 1.31. The molecule has 3 N–H and O–H groups in total. The lowest BCUT2D eigenvalue weighted by Gasteiger charge is -2.14. The number of terminal acetylenes is 1. The maximum Gasteiger partial charge on any atom is 0.350 e. The van der Waals surface area contributed by atoms with E-state index in [4.69, 9.17) is 20.9 Å². The molecule has 0 fully saturated rings. The number of hydrogen-bond acceptors (Lipinski definition) is 4. The van der Waals surface area contributed by atoms with Gasteiger partial charge < -0.3 is 14.5 Å². The summed E-state index contributed by atoms with van der Waals surface area (Å²) in [5, 5.41) is 0.